The number of amides is 1. The molecule has 5 nitrogen and oxygen atoms in total. The number of rotatable bonds is 7. The van der Waals surface area contributed by atoms with E-state index in [0.29, 0.717) is 32.5 Å². The van der Waals surface area contributed by atoms with E-state index >= 15 is 0 Å². The zero-order chi connectivity index (χ0) is 21.0. The average molecular weight is 408 g/mol. The highest BCUT2D eigenvalue weighted by molar-refractivity contribution is 5.76. The van der Waals surface area contributed by atoms with Gasteiger partial charge in [0.15, 0.2) is 0 Å². The largest absolute Gasteiger partial charge is 0.491 e. The Kier molecular flexibility index (Phi) is 6.76. The van der Waals surface area contributed by atoms with Crippen LogP contribution in [0.15, 0.2) is 36.4 Å². The third-order valence-corrected chi connectivity index (χ3v) is 5.01. The number of carbonyl (C=O) groups excluding carboxylic acids is 1. The molecule has 2 aromatic carbocycles. The van der Waals surface area contributed by atoms with Gasteiger partial charge in [0.1, 0.15) is 35.9 Å². The molecule has 1 saturated heterocycles. The predicted octanol–water partition coefficient (Wildman–Crippen LogP) is 2.71. The van der Waals surface area contributed by atoms with Crippen molar-refractivity contribution >= 4 is 5.91 Å². The van der Waals surface area contributed by atoms with Crippen LogP contribution in [0.4, 0.5) is 13.2 Å². The summed E-state index contributed by atoms with van der Waals surface area (Å²) in [5.41, 5.74) is 5.37. The highest BCUT2D eigenvalue weighted by atomic mass is 19.1. The molecule has 0 saturated carbocycles. The summed E-state index contributed by atoms with van der Waals surface area (Å²) in [6.07, 6.45) is 0.461. The third kappa shape index (κ3) is 5.71. The number of hydrogen-bond acceptors (Lipinski definition) is 4. The van der Waals surface area contributed by atoms with Crippen LogP contribution in [0.1, 0.15) is 12.8 Å². The first-order valence-electron chi connectivity index (χ1n) is 9.40. The Labute approximate surface area is 166 Å². The highest BCUT2D eigenvalue weighted by Gasteiger charge is 2.24. The van der Waals surface area contributed by atoms with E-state index in [4.69, 9.17) is 10.5 Å². The Hall–Kier alpha value is -2.58. The SMILES string of the molecule is NC(=O)C1CCN(CC(O)COc2cc(F)cc(-c3cc(F)ccc3F)c2)CC1. The minimum atomic E-state index is -0.835. The molecule has 156 valence electrons. The van der Waals surface area contributed by atoms with Gasteiger partial charge >= 0.3 is 0 Å². The fourth-order valence-corrected chi connectivity index (χ4v) is 3.46. The summed E-state index contributed by atoms with van der Waals surface area (Å²) in [6, 6.07) is 6.54. The van der Waals surface area contributed by atoms with Gasteiger partial charge < -0.3 is 20.5 Å². The second-order valence-corrected chi connectivity index (χ2v) is 7.24. The normalized spacial score (nSPS) is 16.6. The molecule has 0 radical (unpaired) electrons. The highest BCUT2D eigenvalue weighted by Crippen LogP contribution is 2.28. The van der Waals surface area contributed by atoms with Crippen molar-refractivity contribution < 1.29 is 27.8 Å². The van der Waals surface area contributed by atoms with Gasteiger partial charge in [-0.15, -0.1) is 0 Å². The molecule has 1 aliphatic heterocycles. The Morgan fingerprint density at radius 3 is 2.55 bits per heavy atom. The average Bonchev–Trinajstić information content (AvgIpc) is 2.68. The minimum Gasteiger partial charge on any atom is -0.491 e. The van der Waals surface area contributed by atoms with E-state index in [-0.39, 0.29) is 35.3 Å². The lowest BCUT2D eigenvalue weighted by Gasteiger charge is -2.31. The number of hydrogen-bond donors (Lipinski definition) is 2. The molecule has 0 aromatic heterocycles. The van der Waals surface area contributed by atoms with Crippen molar-refractivity contribution in [2.75, 3.05) is 26.2 Å². The van der Waals surface area contributed by atoms with Gasteiger partial charge in [-0.1, -0.05) is 0 Å². The first-order valence-corrected chi connectivity index (χ1v) is 9.40. The van der Waals surface area contributed by atoms with Gasteiger partial charge in [-0.3, -0.25) is 4.79 Å². The number of piperidine rings is 1. The number of β-amino-alcohol motifs (C(OH)–C–C–N with tert-alkyl or cyclic N) is 1. The molecule has 0 aliphatic carbocycles. The lowest BCUT2D eigenvalue weighted by Crippen LogP contribution is -2.43. The lowest BCUT2D eigenvalue weighted by molar-refractivity contribution is -0.123. The topological polar surface area (TPSA) is 75.8 Å². The summed E-state index contributed by atoms with van der Waals surface area (Å²) in [4.78, 5) is 13.2. The van der Waals surface area contributed by atoms with E-state index < -0.39 is 23.6 Å². The number of aliphatic hydroxyl groups is 1. The zero-order valence-corrected chi connectivity index (χ0v) is 15.8. The van der Waals surface area contributed by atoms with Crippen LogP contribution in [-0.4, -0.2) is 48.3 Å². The molecule has 8 heteroatoms. The monoisotopic (exact) mass is 408 g/mol. The first-order chi connectivity index (χ1) is 13.8. The van der Waals surface area contributed by atoms with Gasteiger partial charge in [0.2, 0.25) is 5.91 Å². The molecule has 0 bridgehead atoms. The number of carbonyl (C=O) groups is 1. The molecule has 1 atom stereocenters. The van der Waals surface area contributed by atoms with Crippen molar-refractivity contribution in [1.29, 1.82) is 0 Å². The molecule has 3 N–H and O–H groups in total. The number of nitrogens with zero attached hydrogens (tertiary/aromatic N) is 1. The van der Waals surface area contributed by atoms with Crippen LogP contribution in [-0.2, 0) is 4.79 Å². The van der Waals surface area contributed by atoms with Crippen molar-refractivity contribution in [1.82, 2.24) is 4.90 Å². The summed E-state index contributed by atoms with van der Waals surface area (Å²) < 4.78 is 46.8. The molecule has 1 fully saturated rings. The van der Waals surface area contributed by atoms with E-state index in [2.05, 4.69) is 0 Å². The van der Waals surface area contributed by atoms with Crippen LogP contribution in [0.25, 0.3) is 11.1 Å². The van der Waals surface area contributed by atoms with Gasteiger partial charge in [0.25, 0.3) is 0 Å². The van der Waals surface area contributed by atoms with Crippen LogP contribution >= 0.6 is 0 Å². The van der Waals surface area contributed by atoms with Crippen molar-refractivity contribution in [3.63, 3.8) is 0 Å². The predicted molar refractivity (Wildman–Crippen MR) is 102 cm³/mol. The number of benzene rings is 2. The molecule has 1 aliphatic rings. The number of likely N-dealkylation sites (tertiary alicyclic amines) is 1. The van der Waals surface area contributed by atoms with Gasteiger partial charge in [-0.05, 0) is 61.8 Å². The smallest absolute Gasteiger partial charge is 0.220 e. The Morgan fingerprint density at radius 1 is 1.14 bits per heavy atom. The van der Waals surface area contributed by atoms with Crippen molar-refractivity contribution in [2.24, 2.45) is 11.7 Å². The van der Waals surface area contributed by atoms with E-state index in [0.717, 1.165) is 30.3 Å². The maximum Gasteiger partial charge on any atom is 0.220 e. The second kappa shape index (κ2) is 9.28. The molecular formula is C21H23F3N2O3. The van der Waals surface area contributed by atoms with Crippen LogP contribution in [0.3, 0.4) is 0 Å². The summed E-state index contributed by atoms with van der Waals surface area (Å²) in [6.45, 7) is 1.54. The number of ether oxygens (including phenoxy) is 1. The van der Waals surface area contributed by atoms with E-state index in [1.165, 1.54) is 6.07 Å². The Bertz CT molecular complexity index is 870. The van der Waals surface area contributed by atoms with E-state index in [1.54, 1.807) is 0 Å². The molecule has 1 unspecified atom stereocenters. The molecule has 0 spiro atoms. The minimum absolute atomic E-state index is 0.0766. The summed E-state index contributed by atoms with van der Waals surface area (Å²) in [5, 5.41) is 10.2. The van der Waals surface area contributed by atoms with E-state index in [9.17, 15) is 23.1 Å². The van der Waals surface area contributed by atoms with Crippen LogP contribution in [0, 0.1) is 23.4 Å². The standard InChI is InChI=1S/C21H23F3N2O3/c22-15-1-2-20(24)19(10-15)14-7-16(23)9-18(8-14)29-12-17(27)11-26-5-3-13(4-6-26)21(25)28/h1-2,7-10,13,17,27H,3-6,11-12H2,(H2,25,28). The summed E-state index contributed by atoms with van der Waals surface area (Å²) in [5.74, 6) is -2.30. The summed E-state index contributed by atoms with van der Waals surface area (Å²) in [7, 11) is 0. The molecule has 2 aromatic rings. The Morgan fingerprint density at radius 2 is 1.86 bits per heavy atom. The molecule has 1 amide bonds. The fraction of sp³-hybridized carbons (Fsp3) is 0.381. The number of nitrogens with two attached hydrogens (primary N) is 1. The molecule has 29 heavy (non-hydrogen) atoms. The number of aliphatic hydroxyl groups excluding tert-OH is 1. The van der Waals surface area contributed by atoms with Gasteiger partial charge in [-0.25, -0.2) is 13.2 Å². The second-order valence-electron chi connectivity index (χ2n) is 7.24. The van der Waals surface area contributed by atoms with Crippen molar-refractivity contribution in [2.45, 2.75) is 18.9 Å². The van der Waals surface area contributed by atoms with Crippen LogP contribution in [0.5, 0.6) is 5.75 Å². The van der Waals surface area contributed by atoms with Crippen LogP contribution in [0.2, 0.25) is 0 Å². The quantitative estimate of drug-likeness (QED) is 0.739. The fourth-order valence-electron chi connectivity index (χ4n) is 3.46. The van der Waals surface area contributed by atoms with Crippen LogP contribution < -0.4 is 10.5 Å². The van der Waals surface area contributed by atoms with Crippen molar-refractivity contribution in [3.05, 3.63) is 53.8 Å². The maximum absolute atomic E-state index is 14.0. The Balaban J connectivity index is 1.59. The number of primary amides is 1. The van der Waals surface area contributed by atoms with E-state index in [1.807, 2.05) is 4.90 Å². The molecular weight excluding hydrogens is 385 g/mol. The zero-order valence-electron chi connectivity index (χ0n) is 15.8. The summed E-state index contributed by atoms with van der Waals surface area (Å²) >= 11 is 0. The lowest BCUT2D eigenvalue weighted by atomic mass is 9.96. The molecule has 3 rings (SSSR count). The first kappa shape index (κ1) is 21.1. The van der Waals surface area contributed by atoms with Gasteiger partial charge in [0, 0.05) is 24.1 Å². The third-order valence-electron chi connectivity index (χ3n) is 5.01. The van der Waals surface area contributed by atoms with Gasteiger partial charge in [-0.2, -0.15) is 0 Å². The maximum atomic E-state index is 14.0. The van der Waals surface area contributed by atoms with Gasteiger partial charge in [0.05, 0.1) is 0 Å². The van der Waals surface area contributed by atoms with Crippen molar-refractivity contribution in [3.8, 4) is 16.9 Å². The number of halogens is 3. The molecule has 1 heterocycles.